The Labute approximate surface area is 184 Å². The van der Waals surface area contributed by atoms with Crippen LogP contribution in [0.5, 0.6) is 11.5 Å². The minimum Gasteiger partial charge on any atom is -0.490 e. The molecule has 0 bridgehead atoms. The predicted octanol–water partition coefficient (Wildman–Crippen LogP) is 3.76. The molecule has 2 aromatic rings. The molecule has 0 saturated heterocycles. The summed E-state index contributed by atoms with van der Waals surface area (Å²) in [7, 11) is 0. The number of pyridine rings is 1. The van der Waals surface area contributed by atoms with Crippen LogP contribution in [0.4, 0.5) is 0 Å². The second kappa shape index (κ2) is 11.2. The van der Waals surface area contributed by atoms with Crippen LogP contribution in [-0.4, -0.2) is 29.6 Å². The SMILES string of the molecule is CCOc1cc(C(=O)NC(C)(CN)C2CC2)ccc1OCc1cccnc1.Cl.Cl. The summed E-state index contributed by atoms with van der Waals surface area (Å²) >= 11 is 0. The van der Waals surface area contributed by atoms with Gasteiger partial charge in [0.2, 0.25) is 0 Å². The van der Waals surface area contributed by atoms with Gasteiger partial charge in [-0.2, -0.15) is 0 Å². The molecule has 1 unspecified atom stereocenters. The third kappa shape index (κ3) is 6.49. The number of benzene rings is 1. The molecule has 1 aromatic heterocycles. The number of ether oxygens (including phenoxy) is 2. The summed E-state index contributed by atoms with van der Waals surface area (Å²) < 4.78 is 11.6. The summed E-state index contributed by atoms with van der Waals surface area (Å²) in [4.78, 5) is 16.8. The number of nitrogens with one attached hydrogen (secondary N) is 1. The van der Waals surface area contributed by atoms with Crippen molar-refractivity contribution in [2.45, 2.75) is 38.8 Å². The van der Waals surface area contributed by atoms with Crippen molar-refractivity contribution in [3.05, 3.63) is 53.9 Å². The Hall–Kier alpha value is -2.02. The van der Waals surface area contributed by atoms with Crippen molar-refractivity contribution >= 4 is 30.7 Å². The fourth-order valence-corrected chi connectivity index (χ4v) is 3.05. The van der Waals surface area contributed by atoms with Crippen molar-refractivity contribution in [1.29, 1.82) is 0 Å². The lowest BCUT2D eigenvalue weighted by Crippen LogP contribution is -2.53. The van der Waals surface area contributed by atoms with Crippen LogP contribution in [0.25, 0.3) is 0 Å². The molecule has 29 heavy (non-hydrogen) atoms. The van der Waals surface area contributed by atoms with Gasteiger partial charge in [-0.05, 0) is 56.9 Å². The lowest BCUT2D eigenvalue weighted by atomic mass is 9.95. The minimum absolute atomic E-state index is 0. The maximum atomic E-state index is 12.7. The first-order valence-electron chi connectivity index (χ1n) is 9.37. The minimum atomic E-state index is -0.363. The smallest absolute Gasteiger partial charge is 0.251 e. The first kappa shape index (κ1) is 25.0. The third-order valence-corrected chi connectivity index (χ3v) is 4.92. The fraction of sp³-hybridized carbons (Fsp3) is 0.429. The van der Waals surface area contributed by atoms with E-state index in [0.717, 1.165) is 18.4 Å². The van der Waals surface area contributed by atoms with Gasteiger partial charge in [-0.3, -0.25) is 9.78 Å². The van der Waals surface area contributed by atoms with Crippen LogP contribution in [0, 0.1) is 5.92 Å². The van der Waals surface area contributed by atoms with Crippen molar-refractivity contribution in [3.8, 4) is 11.5 Å². The van der Waals surface area contributed by atoms with Crippen LogP contribution >= 0.6 is 24.8 Å². The molecule has 3 rings (SSSR count). The molecular weight excluding hydrogens is 413 g/mol. The molecule has 1 atom stereocenters. The summed E-state index contributed by atoms with van der Waals surface area (Å²) in [6.45, 7) is 5.20. The maximum Gasteiger partial charge on any atom is 0.251 e. The van der Waals surface area contributed by atoms with Gasteiger partial charge in [-0.25, -0.2) is 0 Å². The predicted molar refractivity (Wildman–Crippen MR) is 118 cm³/mol. The third-order valence-electron chi connectivity index (χ3n) is 4.92. The van der Waals surface area contributed by atoms with E-state index in [1.165, 1.54) is 0 Å². The van der Waals surface area contributed by atoms with Gasteiger partial charge in [-0.1, -0.05) is 6.07 Å². The summed E-state index contributed by atoms with van der Waals surface area (Å²) in [6, 6.07) is 9.05. The van der Waals surface area contributed by atoms with E-state index in [9.17, 15) is 4.79 Å². The van der Waals surface area contributed by atoms with Gasteiger partial charge in [0.25, 0.3) is 5.91 Å². The molecule has 8 heteroatoms. The number of rotatable bonds is 9. The molecule has 1 saturated carbocycles. The lowest BCUT2D eigenvalue weighted by molar-refractivity contribution is 0.0897. The average Bonchev–Trinajstić information content (AvgIpc) is 3.53. The van der Waals surface area contributed by atoms with Crippen molar-refractivity contribution in [1.82, 2.24) is 10.3 Å². The molecule has 1 fully saturated rings. The zero-order valence-corrected chi connectivity index (χ0v) is 18.4. The van der Waals surface area contributed by atoms with Gasteiger partial charge in [0.05, 0.1) is 12.1 Å². The number of hydrogen-bond acceptors (Lipinski definition) is 5. The number of amides is 1. The van der Waals surface area contributed by atoms with Crippen LogP contribution in [0.15, 0.2) is 42.7 Å². The molecular formula is C21H29Cl2N3O3. The normalized spacial score (nSPS) is 14.6. The molecule has 0 aliphatic heterocycles. The molecule has 1 aromatic carbocycles. The van der Waals surface area contributed by atoms with Crippen LogP contribution < -0.4 is 20.5 Å². The first-order chi connectivity index (χ1) is 13.1. The molecule has 6 nitrogen and oxygen atoms in total. The first-order valence-corrected chi connectivity index (χ1v) is 9.37. The molecule has 1 aliphatic carbocycles. The lowest BCUT2D eigenvalue weighted by Gasteiger charge is -2.29. The number of halogens is 2. The van der Waals surface area contributed by atoms with E-state index >= 15 is 0 Å². The van der Waals surface area contributed by atoms with Gasteiger partial charge in [-0.15, -0.1) is 24.8 Å². The van der Waals surface area contributed by atoms with Crippen molar-refractivity contribution in [2.75, 3.05) is 13.2 Å². The van der Waals surface area contributed by atoms with Gasteiger partial charge >= 0.3 is 0 Å². The summed E-state index contributed by atoms with van der Waals surface area (Å²) in [5, 5.41) is 3.10. The highest BCUT2D eigenvalue weighted by Gasteiger charge is 2.41. The fourth-order valence-electron chi connectivity index (χ4n) is 3.05. The van der Waals surface area contributed by atoms with Crippen LogP contribution in [0.3, 0.4) is 0 Å². The molecule has 1 aliphatic rings. The second-order valence-corrected chi connectivity index (χ2v) is 7.09. The second-order valence-electron chi connectivity index (χ2n) is 7.09. The Bertz CT molecular complexity index is 788. The Morgan fingerprint density at radius 2 is 2.00 bits per heavy atom. The van der Waals surface area contributed by atoms with Gasteiger partial charge in [0.15, 0.2) is 11.5 Å². The van der Waals surface area contributed by atoms with Gasteiger partial charge in [0, 0.05) is 30.1 Å². The molecule has 0 spiro atoms. The Morgan fingerprint density at radius 1 is 1.24 bits per heavy atom. The number of carbonyl (C=O) groups is 1. The van der Waals surface area contributed by atoms with Crippen molar-refractivity contribution < 1.29 is 14.3 Å². The van der Waals surface area contributed by atoms with Crippen molar-refractivity contribution in [3.63, 3.8) is 0 Å². The van der Waals surface area contributed by atoms with E-state index in [0.29, 0.717) is 42.7 Å². The molecule has 1 heterocycles. The highest BCUT2D eigenvalue weighted by Crippen LogP contribution is 2.39. The van der Waals surface area contributed by atoms with E-state index in [2.05, 4.69) is 10.3 Å². The summed E-state index contributed by atoms with van der Waals surface area (Å²) in [5.74, 6) is 1.46. The average molecular weight is 442 g/mol. The van der Waals surface area contributed by atoms with E-state index in [4.69, 9.17) is 15.2 Å². The number of nitrogens with zero attached hydrogens (tertiary/aromatic N) is 1. The Morgan fingerprint density at radius 3 is 2.59 bits per heavy atom. The summed E-state index contributed by atoms with van der Waals surface area (Å²) in [5.41, 5.74) is 7.04. The van der Waals surface area contributed by atoms with Crippen molar-refractivity contribution in [2.24, 2.45) is 11.7 Å². The number of carbonyl (C=O) groups excluding carboxylic acids is 1. The zero-order chi connectivity index (χ0) is 19.3. The Kier molecular flexibility index (Phi) is 9.70. The summed E-state index contributed by atoms with van der Waals surface area (Å²) in [6.07, 6.45) is 5.70. The van der Waals surface area contributed by atoms with E-state index < -0.39 is 0 Å². The molecule has 1 amide bonds. The molecule has 160 valence electrons. The van der Waals surface area contributed by atoms with Crippen LogP contribution in [-0.2, 0) is 6.61 Å². The highest BCUT2D eigenvalue weighted by atomic mass is 35.5. The monoisotopic (exact) mass is 441 g/mol. The number of hydrogen-bond donors (Lipinski definition) is 2. The highest BCUT2D eigenvalue weighted by molar-refractivity contribution is 5.95. The molecule has 0 radical (unpaired) electrons. The quantitative estimate of drug-likeness (QED) is 0.618. The largest absolute Gasteiger partial charge is 0.490 e. The van der Waals surface area contributed by atoms with Gasteiger partial charge in [0.1, 0.15) is 6.61 Å². The standard InChI is InChI=1S/C21H27N3O3.2ClH/c1-3-26-19-11-16(20(25)24-21(2,14-22)17-7-8-17)6-9-18(19)27-13-15-5-4-10-23-12-15;;/h4-6,9-12,17H,3,7-8,13-14,22H2,1-2H3,(H,24,25);2*1H. The zero-order valence-electron chi connectivity index (χ0n) is 16.7. The van der Waals surface area contributed by atoms with E-state index in [1.807, 2.05) is 26.0 Å². The molecule has 3 N–H and O–H groups in total. The van der Waals surface area contributed by atoms with E-state index in [1.54, 1.807) is 30.6 Å². The Balaban J connectivity index is 0.00000210. The van der Waals surface area contributed by atoms with Crippen LogP contribution in [0.2, 0.25) is 0 Å². The van der Waals surface area contributed by atoms with E-state index in [-0.39, 0.29) is 36.3 Å². The van der Waals surface area contributed by atoms with Gasteiger partial charge < -0.3 is 20.5 Å². The van der Waals surface area contributed by atoms with Crippen LogP contribution in [0.1, 0.15) is 42.6 Å². The number of nitrogens with two attached hydrogens (primary N) is 1. The topological polar surface area (TPSA) is 86.5 Å². The number of aromatic nitrogens is 1. The maximum absolute atomic E-state index is 12.7.